The minimum Gasteiger partial charge on any atom is -0.481 e. The summed E-state index contributed by atoms with van der Waals surface area (Å²) < 4.78 is 5.26. The van der Waals surface area contributed by atoms with Crippen LogP contribution in [0.1, 0.15) is 33.6 Å². The maximum Gasteiger partial charge on any atom is 0.311 e. The number of carbonyl (C=O) groups excluding carboxylic acids is 1. The molecule has 0 saturated carbocycles. The number of amides is 1. The molecule has 0 aromatic carbocycles. The smallest absolute Gasteiger partial charge is 0.311 e. The molecule has 2 heterocycles. The number of thiophene rings is 1. The standard InChI is InChI=1S/C15H19NO4S/c1-16(12-7-20-6-10(12)15(18)19)14(17)11-8-21-13-5-3-2-4-9(11)13/h8,10,12H,2-7H2,1H3,(H,18,19). The van der Waals surface area contributed by atoms with Gasteiger partial charge in [-0.25, -0.2) is 0 Å². The predicted molar refractivity (Wildman–Crippen MR) is 78.8 cm³/mol. The number of nitrogens with zero attached hydrogens (tertiary/aromatic N) is 1. The van der Waals surface area contributed by atoms with Crippen molar-refractivity contribution in [2.75, 3.05) is 20.3 Å². The van der Waals surface area contributed by atoms with E-state index in [4.69, 9.17) is 4.74 Å². The third-order valence-electron chi connectivity index (χ3n) is 4.48. The van der Waals surface area contributed by atoms with Crippen molar-refractivity contribution in [3.05, 3.63) is 21.4 Å². The fourth-order valence-electron chi connectivity index (χ4n) is 3.17. The number of aryl methyl sites for hydroxylation is 1. The van der Waals surface area contributed by atoms with Crippen molar-refractivity contribution >= 4 is 23.2 Å². The van der Waals surface area contributed by atoms with Crippen LogP contribution in [0.15, 0.2) is 5.38 Å². The van der Waals surface area contributed by atoms with E-state index in [1.54, 1.807) is 23.3 Å². The van der Waals surface area contributed by atoms with E-state index in [0.717, 1.165) is 24.8 Å². The third kappa shape index (κ3) is 2.58. The maximum atomic E-state index is 12.7. The van der Waals surface area contributed by atoms with Gasteiger partial charge in [-0.2, -0.15) is 0 Å². The Balaban J connectivity index is 1.81. The minimum atomic E-state index is -0.899. The van der Waals surface area contributed by atoms with Crippen LogP contribution in [-0.4, -0.2) is 48.2 Å². The van der Waals surface area contributed by atoms with Gasteiger partial charge in [0.2, 0.25) is 0 Å². The number of hydrogen-bond donors (Lipinski definition) is 1. The predicted octanol–water partition coefficient (Wildman–Crippen LogP) is 1.80. The average molecular weight is 309 g/mol. The maximum absolute atomic E-state index is 12.7. The zero-order chi connectivity index (χ0) is 15.0. The minimum absolute atomic E-state index is 0.0730. The van der Waals surface area contributed by atoms with Crippen molar-refractivity contribution in [2.24, 2.45) is 5.92 Å². The van der Waals surface area contributed by atoms with Gasteiger partial charge in [0.25, 0.3) is 5.91 Å². The van der Waals surface area contributed by atoms with Crippen molar-refractivity contribution < 1.29 is 19.4 Å². The van der Waals surface area contributed by atoms with Gasteiger partial charge in [-0.15, -0.1) is 11.3 Å². The molecule has 0 spiro atoms. The summed E-state index contributed by atoms with van der Waals surface area (Å²) in [5, 5.41) is 11.2. The molecule has 114 valence electrons. The molecule has 3 rings (SSSR count). The van der Waals surface area contributed by atoms with E-state index < -0.39 is 11.9 Å². The van der Waals surface area contributed by atoms with Gasteiger partial charge in [0, 0.05) is 17.3 Å². The zero-order valence-electron chi connectivity index (χ0n) is 12.0. The molecular weight excluding hydrogens is 290 g/mol. The molecule has 1 aliphatic carbocycles. The molecule has 0 bridgehead atoms. The first-order chi connectivity index (χ1) is 10.1. The van der Waals surface area contributed by atoms with Crippen LogP contribution in [0.3, 0.4) is 0 Å². The summed E-state index contributed by atoms with van der Waals surface area (Å²) in [6.45, 7) is 0.477. The van der Waals surface area contributed by atoms with E-state index in [1.807, 2.05) is 5.38 Å². The molecule has 0 radical (unpaired) electrons. The molecule has 2 atom stereocenters. The number of carboxylic acid groups (broad SMARTS) is 1. The third-order valence-corrected chi connectivity index (χ3v) is 5.57. The lowest BCUT2D eigenvalue weighted by molar-refractivity contribution is -0.142. The molecule has 21 heavy (non-hydrogen) atoms. The van der Waals surface area contributed by atoms with Crippen molar-refractivity contribution in [3.63, 3.8) is 0 Å². The second kappa shape index (κ2) is 5.77. The van der Waals surface area contributed by atoms with E-state index in [-0.39, 0.29) is 18.6 Å². The lowest BCUT2D eigenvalue weighted by Gasteiger charge is -2.27. The fourth-order valence-corrected chi connectivity index (χ4v) is 4.29. The molecule has 1 aromatic heterocycles. The molecule has 5 nitrogen and oxygen atoms in total. The first-order valence-electron chi connectivity index (χ1n) is 7.26. The van der Waals surface area contributed by atoms with Crippen LogP contribution in [0, 0.1) is 5.92 Å². The van der Waals surface area contributed by atoms with Crippen molar-refractivity contribution in [2.45, 2.75) is 31.7 Å². The largest absolute Gasteiger partial charge is 0.481 e. The zero-order valence-corrected chi connectivity index (χ0v) is 12.8. The lowest BCUT2D eigenvalue weighted by atomic mass is 9.95. The SMILES string of the molecule is CN(C(=O)c1csc2c1CCCC2)C1COCC1C(=O)O. The van der Waals surface area contributed by atoms with E-state index in [1.165, 1.54) is 16.9 Å². The average Bonchev–Trinajstić information content (AvgIpc) is 3.12. The van der Waals surface area contributed by atoms with Crippen LogP contribution in [0.4, 0.5) is 0 Å². The fraction of sp³-hybridized carbons (Fsp3) is 0.600. The van der Waals surface area contributed by atoms with Gasteiger partial charge in [-0.3, -0.25) is 9.59 Å². The van der Waals surface area contributed by atoms with Gasteiger partial charge < -0.3 is 14.7 Å². The summed E-state index contributed by atoms with van der Waals surface area (Å²) in [6, 6.07) is -0.380. The second-order valence-electron chi connectivity index (χ2n) is 5.72. The van der Waals surface area contributed by atoms with Gasteiger partial charge in [0.15, 0.2) is 0 Å². The number of aliphatic carboxylic acids is 1. The van der Waals surface area contributed by atoms with E-state index >= 15 is 0 Å². The quantitative estimate of drug-likeness (QED) is 0.924. The van der Waals surface area contributed by atoms with Gasteiger partial charge in [0.1, 0.15) is 5.92 Å². The Bertz CT molecular complexity index is 568. The Morgan fingerprint density at radius 2 is 2.10 bits per heavy atom. The second-order valence-corrected chi connectivity index (χ2v) is 6.69. The summed E-state index contributed by atoms with van der Waals surface area (Å²) in [4.78, 5) is 26.8. The summed E-state index contributed by atoms with van der Waals surface area (Å²) in [5.74, 6) is -1.60. The molecule has 1 aromatic rings. The van der Waals surface area contributed by atoms with Crippen molar-refractivity contribution in [1.29, 1.82) is 0 Å². The monoisotopic (exact) mass is 309 g/mol. The van der Waals surface area contributed by atoms with Crippen molar-refractivity contribution in [1.82, 2.24) is 4.90 Å². The number of carboxylic acids is 1. The van der Waals surface area contributed by atoms with Crippen LogP contribution < -0.4 is 0 Å². The molecule has 1 saturated heterocycles. The number of rotatable bonds is 3. The normalized spacial score (nSPS) is 24.6. The number of likely N-dealkylation sites (N-methyl/N-ethyl adjacent to an activating group) is 1. The molecule has 6 heteroatoms. The highest BCUT2D eigenvalue weighted by atomic mass is 32.1. The van der Waals surface area contributed by atoms with Gasteiger partial charge in [-0.1, -0.05) is 0 Å². The van der Waals surface area contributed by atoms with E-state index in [0.29, 0.717) is 6.61 Å². The van der Waals surface area contributed by atoms with Gasteiger partial charge in [0.05, 0.1) is 24.8 Å². The molecule has 1 aliphatic heterocycles. The number of hydrogen-bond acceptors (Lipinski definition) is 4. The van der Waals surface area contributed by atoms with Crippen LogP contribution in [0.25, 0.3) is 0 Å². The van der Waals surface area contributed by atoms with Crippen LogP contribution in [-0.2, 0) is 22.4 Å². The highest BCUT2D eigenvalue weighted by molar-refractivity contribution is 7.10. The summed E-state index contributed by atoms with van der Waals surface area (Å²) in [6.07, 6.45) is 4.32. The summed E-state index contributed by atoms with van der Waals surface area (Å²) in [7, 11) is 1.69. The molecule has 1 amide bonds. The highest BCUT2D eigenvalue weighted by Gasteiger charge is 2.39. The Kier molecular flexibility index (Phi) is 3.99. The Morgan fingerprint density at radius 3 is 2.86 bits per heavy atom. The van der Waals surface area contributed by atoms with Gasteiger partial charge in [-0.05, 0) is 31.2 Å². The number of carbonyl (C=O) groups is 2. The molecule has 1 fully saturated rings. The van der Waals surface area contributed by atoms with Crippen LogP contribution in [0.2, 0.25) is 0 Å². The highest BCUT2D eigenvalue weighted by Crippen LogP contribution is 2.31. The van der Waals surface area contributed by atoms with Crippen molar-refractivity contribution in [3.8, 4) is 0 Å². The summed E-state index contributed by atoms with van der Waals surface area (Å²) >= 11 is 1.65. The van der Waals surface area contributed by atoms with E-state index in [2.05, 4.69) is 0 Å². The Labute approximate surface area is 127 Å². The Morgan fingerprint density at radius 1 is 1.33 bits per heavy atom. The number of fused-ring (bicyclic) bond motifs is 1. The molecule has 2 aliphatic rings. The van der Waals surface area contributed by atoms with Crippen LogP contribution in [0.5, 0.6) is 0 Å². The first-order valence-corrected chi connectivity index (χ1v) is 8.14. The van der Waals surface area contributed by atoms with Crippen LogP contribution >= 0.6 is 11.3 Å². The van der Waals surface area contributed by atoms with Gasteiger partial charge >= 0.3 is 5.97 Å². The molecular formula is C15H19NO4S. The topological polar surface area (TPSA) is 66.8 Å². The lowest BCUT2D eigenvalue weighted by Crippen LogP contribution is -2.44. The molecule has 1 N–H and O–H groups in total. The van der Waals surface area contributed by atoms with E-state index in [9.17, 15) is 14.7 Å². The first kappa shape index (κ1) is 14.5. The number of ether oxygens (including phenoxy) is 1. The molecule has 2 unspecified atom stereocenters. The Hall–Kier alpha value is -1.40. The summed E-state index contributed by atoms with van der Waals surface area (Å²) in [5.41, 5.74) is 1.93.